The van der Waals surface area contributed by atoms with E-state index in [0.29, 0.717) is 30.8 Å². The number of rotatable bonds is 2. The number of halogens is 1. The first-order chi connectivity index (χ1) is 10.5. The maximum Gasteiger partial charge on any atom is 0.256 e. The van der Waals surface area contributed by atoms with Crippen molar-refractivity contribution < 1.29 is 9.59 Å². The molecule has 1 fully saturated rings. The van der Waals surface area contributed by atoms with Crippen molar-refractivity contribution in [1.82, 2.24) is 19.8 Å². The van der Waals surface area contributed by atoms with Crippen molar-refractivity contribution in [1.29, 1.82) is 0 Å². The number of carbonyl (C=O) groups excluding carboxylic acids is 2. The number of nitrogens with one attached hydrogen (secondary N) is 1. The smallest absolute Gasteiger partial charge is 0.256 e. The minimum atomic E-state index is -0.439. The zero-order chi connectivity index (χ0) is 15.9. The number of likely N-dealkylation sites (N-methyl/N-ethyl adjacent to an activating group) is 1. The van der Waals surface area contributed by atoms with Gasteiger partial charge in [0.25, 0.3) is 5.91 Å². The number of nitrogens with zero attached hydrogens (tertiary/aromatic N) is 3. The Morgan fingerprint density at radius 3 is 3.00 bits per heavy atom. The number of carbonyl (C=O) groups is 2. The van der Waals surface area contributed by atoms with Crippen molar-refractivity contribution >= 4 is 38.8 Å². The topological polar surface area (TPSA) is 69.3 Å². The molecule has 1 aliphatic heterocycles. The molecule has 1 saturated heterocycles. The Balaban J connectivity index is 1.93. The molecule has 3 rings (SSSR count). The number of H-pyrrole nitrogens is 1. The van der Waals surface area contributed by atoms with Crippen LogP contribution in [0, 0.1) is 0 Å². The van der Waals surface area contributed by atoms with Crippen LogP contribution in [0.25, 0.3) is 11.0 Å². The van der Waals surface area contributed by atoms with E-state index < -0.39 is 6.04 Å². The van der Waals surface area contributed by atoms with Gasteiger partial charge in [0.2, 0.25) is 5.91 Å². The molecule has 0 spiro atoms. The van der Waals surface area contributed by atoms with Crippen molar-refractivity contribution in [3.05, 3.63) is 28.5 Å². The van der Waals surface area contributed by atoms with E-state index in [4.69, 9.17) is 0 Å². The standard InChI is InChI=1S/C15H17BrN4O2/c1-3-19-4-5-20(9(2)14(19)21)15(22)12-8-18-13-11(12)6-10(16)7-17-13/h6-9H,3-5H2,1-2H3,(H,17,18). The Bertz CT molecular complexity index is 742. The number of piperazine rings is 1. The van der Waals surface area contributed by atoms with Crippen molar-refractivity contribution in [2.75, 3.05) is 19.6 Å². The molecule has 0 radical (unpaired) electrons. The van der Waals surface area contributed by atoms with Gasteiger partial charge < -0.3 is 14.8 Å². The zero-order valence-corrected chi connectivity index (χ0v) is 14.1. The van der Waals surface area contributed by atoms with Crippen molar-refractivity contribution in [3.63, 3.8) is 0 Å². The van der Waals surface area contributed by atoms with Gasteiger partial charge in [-0.25, -0.2) is 4.98 Å². The molecule has 3 heterocycles. The second kappa shape index (κ2) is 5.72. The van der Waals surface area contributed by atoms with Gasteiger partial charge >= 0.3 is 0 Å². The molecule has 0 bridgehead atoms. The fourth-order valence-electron chi connectivity index (χ4n) is 2.83. The molecule has 0 aromatic carbocycles. The summed E-state index contributed by atoms with van der Waals surface area (Å²) >= 11 is 3.37. The van der Waals surface area contributed by atoms with E-state index in [1.54, 1.807) is 29.1 Å². The Kier molecular flexibility index (Phi) is 3.90. The highest BCUT2D eigenvalue weighted by Crippen LogP contribution is 2.23. The van der Waals surface area contributed by atoms with Crippen LogP contribution < -0.4 is 0 Å². The molecule has 0 saturated carbocycles. The van der Waals surface area contributed by atoms with Crippen LogP contribution >= 0.6 is 15.9 Å². The number of fused-ring (bicyclic) bond motifs is 1. The van der Waals surface area contributed by atoms with Crippen molar-refractivity contribution in [2.24, 2.45) is 0 Å². The van der Waals surface area contributed by atoms with Crippen molar-refractivity contribution in [2.45, 2.75) is 19.9 Å². The van der Waals surface area contributed by atoms with E-state index in [2.05, 4.69) is 25.9 Å². The van der Waals surface area contributed by atoms with Crippen LogP contribution in [0.1, 0.15) is 24.2 Å². The summed E-state index contributed by atoms with van der Waals surface area (Å²) in [4.78, 5) is 35.8. The molecule has 1 N–H and O–H groups in total. The Morgan fingerprint density at radius 2 is 2.27 bits per heavy atom. The average molecular weight is 365 g/mol. The van der Waals surface area contributed by atoms with Gasteiger partial charge in [0.1, 0.15) is 11.7 Å². The van der Waals surface area contributed by atoms with Crippen LogP contribution in [-0.2, 0) is 4.79 Å². The highest BCUT2D eigenvalue weighted by Gasteiger charge is 2.34. The van der Waals surface area contributed by atoms with Crippen LogP contribution in [0.2, 0.25) is 0 Å². The third-order valence-corrected chi connectivity index (χ3v) is 4.55. The van der Waals surface area contributed by atoms with Crippen LogP contribution in [0.5, 0.6) is 0 Å². The maximum absolute atomic E-state index is 12.8. The fourth-order valence-corrected chi connectivity index (χ4v) is 3.16. The number of amides is 2. The normalized spacial score (nSPS) is 19.0. The fraction of sp³-hybridized carbons (Fsp3) is 0.400. The summed E-state index contributed by atoms with van der Waals surface area (Å²) in [6.07, 6.45) is 3.34. The van der Waals surface area contributed by atoms with Crippen LogP contribution in [0.15, 0.2) is 22.9 Å². The summed E-state index contributed by atoms with van der Waals surface area (Å²) in [7, 11) is 0. The van der Waals surface area contributed by atoms with E-state index in [9.17, 15) is 9.59 Å². The lowest BCUT2D eigenvalue weighted by Crippen LogP contribution is -2.57. The summed E-state index contributed by atoms with van der Waals surface area (Å²) in [6, 6.07) is 1.42. The Hall–Kier alpha value is -1.89. The summed E-state index contributed by atoms with van der Waals surface area (Å²) in [5, 5.41) is 0.761. The number of pyridine rings is 1. The molecule has 0 aliphatic carbocycles. The molecule has 6 nitrogen and oxygen atoms in total. The first-order valence-corrected chi connectivity index (χ1v) is 8.04. The monoisotopic (exact) mass is 364 g/mol. The second-order valence-corrected chi connectivity index (χ2v) is 6.26. The molecule has 2 aromatic rings. The van der Waals surface area contributed by atoms with Gasteiger partial charge in [-0.05, 0) is 35.8 Å². The molecular formula is C15H17BrN4O2. The predicted octanol–water partition coefficient (Wildman–Crippen LogP) is 2.02. The second-order valence-electron chi connectivity index (χ2n) is 5.34. The highest BCUT2D eigenvalue weighted by molar-refractivity contribution is 9.10. The number of hydrogen-bond donors (Lipinski definition) is 1. The summed E-state index contributed by atoms with van der Waals surface area (Å²) in [5.74, 6) is -0.135. The molecule has 1 unspecified atom stereocenters. The molecule has 7 heteroatoms. The molecular weight excluding hydrogens is 348 g/mol. The Morgan fingerprint density at radius 1 is 1.50 bits per heavy atom. The molecule has 2 amide bonds. The first kappa shape index (κ1) is 15.0. The zero-order valence-electron chi connectivity index (χ0n) is 12.5. The first-order valence-electron chi connectivity index (χ1n) is 7.25. The maximum atomic E-state index is 12.8. The number of hydrogen-bond acceptors (Lipinski definition) is 3. The van der Waals surface area contributed by atoms with Gasteiger partial charge in [-0.1, -0.05) is 0 Å². The van der Waals surface area contributed by atoms with E-state index in [1.165, 1.54) is 0 Å². The minimum absolute atomic E-state index is 0.00115. The quantitative estimate of drug-likeness (QED) is 0.885. The highest BCUT2D eigenvalue weighted by atomic mass is 79.9. The lowest BCUT2D eigenvalue weighted by atomic mass is 10.1. The van der Waals surface area contributed by atoms with Gasteiger partial charge in [0, 0.05) is 41.9 Å². The molecule has 1 aliphatic rings. The van der Waals surface area contributed by atoms with Crippen LogP contribution in [0.3, 0.4) is 0 Å². The van der Waals surface area contributed by atoms with E-state index in [1.807, 2.05) is 13.0 Å². The number of aromatic nitrogens is 2. The SMILES string of the molecule is CCN1CCN(C(=O)c2c[nH]c3ncc(Br)cc23)C(C)C1=O. The molecule has 1 atom stereocenters. The van der Waals surface area contributed by atoms with Crippen LogP contribution in [0.4, 0.5) is 0 Å². The van der Waals surface area contributed by atoms with E-state index in [-0.39, 0.29) is 11.8 Å². The van der Waals surface area contributed by atoms with Gasteiger partial charge in [0.05, 0.1) is 5.56 Å². The summed E-state index contributed by atoms with van der Waals surface area (Å²) < 4.78 is 0.813. The minimum Gasteiger partial charge on any atom is -0.345 e. The largest absolute Gasteiger partial charge is 0.345 e. The lowest BCUT2D eigenvalue weighted by molar-refractivity contribution is -0.139. The third-order valence-electron chi connectivity index (χ3n) is 4.12. The van der Waals surface area contributed by atoms with Crippen molar-refractivity contribution in [3.8, 4) is 0 Å². The molecule has 2 aromatic heterocycles. The predicted molar refractivity (Wildman–Crippen MR) is 86.5 cm³/mol. The molecule has 22 heavy (non-hydrogen) atoms. The van der Waals surface area contributed by atoms with E-state index in [0.717, 1.165) is 9.86 Å². The third kappa shape index (κ3) is 2.39. The van der Waals surface area contributed by atoms with Gasteiger partial charge in [-0.15, -0.1) is 0 Å². The van der Waals surface area contributed by atoms with Gasteiger partial charge in [-0.3, -0.25) is 9.59 Å². The Labute approximate surface area is 136 Å². The van der Waals surface area contributed by atoms with Gasteiger partial charge in [-0.2, -0.15) is 0 Å². The molecule has 116 valence electrons. The van der Waals surface area contributed by atoms with Gasteiger partial charge in [0.15, 0.2) is 0 Å². The lowest BCUT2D eigenvalue weighted by Gasteiger charge is -2.38. The average Bonchev–Trinajstić information content (AvgIpc) is 2.92. The van der Waals surface area contributed by atoms with E-state index >= 15 is 0 Å². The summed E-state index contributed by atoms with van der Waals surface area (Å²) in [5.41, 5.74) is 1.21. The van der Waals surface area contributed by atoms with Crippen LogP contribution in [-0.4, -0.2) is 57.3 Å². The number of aromatic amines is 1. The summed E-state index contributed by atoms with van der Waals surface area (Å²) in [6.45, 7) is 5.54.